The Bertz CT molecular complexity index is 264. The van der Waals surface area contributed by atoms with Gasteiger partial charge in [-0.25, -0.2) is 0 Å². The Balaban J connectivity index is 2.29. The summed E-state index contributed by atoms with van der Waals surface area (Å²) in [5.74, 6) is -1.25. The van der Waals surface area contributed by atoms with Gasteiger partial charge in [-0.2, -0.15) is 0 Å². The Morgan fingerprint density at radius 2 is 2.12 bits per heavy atom. The molecule has 0 aromatic heterocycles. The zero-order valence-corrected chi connectivity index (χ0v) is 9.90. The van der Waals surface area contributed by atoms with Crippen molar-refractivity contribution in [3.05, 3.63) is 0 Å². The maximum atomic E-state index is 11.5. The molecule has 0 radical (unpaired) electrons. The fraction of sp³-hybridized carbons (Fsp3) is 0.818. The highest BCUT2D eigenvalue weighted by molar-refractivity contribution is 5.78. The summed E-state index contributed by atoms with van der Waals surface area (Å²) in [5.41, 5.74) is 0. The molecule has 5 heteroatoms. The summed E-state index contributed by atoms with van der Waals surface area (Å²) in [7, 11) is 0. The van der Waals surface area contributed by atoms with Crippen molar-refractivity contribution in [2.75, 3.05) is 19.6 Å². The average Bonchev–Trinajstić information content (AvgIpc) is 3.00. The second-order valence-electron chi connectivity index (χ2n) is 4.41. The molecule has 16 heavy (non-hydrogen) atoms. The van der Waals surface area contributed by atoms with Gasteiger partial charge in [-0.3, -0.25) is 14.5 Å². The Hall–Kier alpha value is -1.10. The first-order valence-corrected chi connectivity index (χ1v) is 5.77. The van der Waals surface area contributed by atoms with Gasteiger partial charge in [-0.15, -0.1) is 0 Å². The van der Waals surface area contributed by atoms with Crippen LogP contribution in [0.3, 0.4) is 0 Å². The summed E-state index contributed by atoms with van der Waals surface area (Å²) in [5, 5.41) is 11.7. The fourth-order valence-electron chi connectivity index (χ4n) is 1.47. The normalized spacial score (nSPS) is 17.2. The molecule has 1 fully saturated rings. The number of carbonyl (C=O) groups excluding carboxylic acids is 1. The molecule has 0 aromatic rings. The Labute approximate surface area is 95.8 Å². The molecule has 0 bridgehead atoms. The van der Waals surface area contributed by atoms with Crippen LogP contribution in [-0.4, -0.2) is 47.6 Å². The predicted molar refractivity (Wildman–Crippen MR) is 60.1 cm³/mol. The maximum Gasteiger partial charge on any atom is 0.307 e. The van der Waals surface area contributed by atoms with E-state index in [1.807, 2.05) is 11.8 Å². The van der Waals surface area contributed by atoms with Gasteiger partial charge in [0.25, 0.3) is 0 Å². The number of nitrogens with one attached hydrogen (secondary N) is 1. The van der Waals surface area contributed by atoms with E-state index in [4.69, 9.17) is 5.11 Å². The quantitative estimate of drug-likeness (QED) is 0.658. The van der Waals surface area contributed by atoms with E-state index in [1.54, 1.807) is 6.92 Å². The van der Waals surface area contributed by atoms with Crippen LogP contribution in [0.1, 0.15) is 26.7 Å². The maximum absolute atomic E-state index is 11.5. The summed E-state index contributed by atoms with van der Waals surface area (Å²) in [6.45, 7) is 4.99. The lowest BCUT2D eigenvalue weighted by molar-refractivity contribution is -0.142. The van der Waals surface area contributed by atoms with E-state index in [9.17, 15) is 9.59 Å². The highest BCUT2D eigenvalue weighted by Gasteiger charge is 2.24. The third kappa shape index (κ3) is 4.61. The first-order valence-electron chi connectivity index (χ1n) is 5.77. The van der Waals surface area contributed by atoms with Crippen LogP contribution in [0.25, 0.3) is 0 Å². The van der Waals surface area contributed by atoms with Crippen LogP contribution >= 0.6 is 0 Å². The number of nitrogens with zero attached hydrogens (tertiary/aromatic N) is 1. The average molecular weight is 228 g/mol. The van der Waals surface area contributed by atoms with Crippen molar-refractivity contribution >= 4 is 11.9 Å². The summed E-state index contributed by atoms with van der Waals surface area (Å²) < 4.78 is 0. The number of aliphatic carboxylic acids is 1. The van der Waals surface area contributed by atoms with Gasteiger partial charge < -0.3 is 10.4 Å². The second-order valence-corrected chi connectivity index (χ2v) is 4.41. The number of carbonyl (C=O) groups is 2. The number of rotatable bonds is 7. The molecule has 1 aliphatic rings. The van der Waals surface area contributed by atoms with Crippen LogP contribution < -0.4 is 5.32 Å². The molecule has 0 saturated heterocycles. The number of likely N-dealkylation sites (N-methyl/N-ethyl adjacent to an activating group) is 1. The lowest BCUT2D eigenvalue weighted by Crippen LogP contribution is -2.40. The third-order valence-electron chi connectivity index (χ3n) is 2.71. The minimum atomic E-state index is -0.818. The lowest BCUT2D eigenvalue weighted by atomic mass is 10.1. The molecule has 2 N–H and O–H groups in total. The van der Waals surface area contributed by atoms with Crippen LogP contribution in [-0.2, 0) is 9.59 Å². The molecule has 0 aromatic carbocycles. The largest absolute Gasteiger partial charge is 0.481 e. The van der Waals surface area contributed by atoms with E-state index in [1.165, 1.54) is 0 Å². The van der Waals surface area contributed by atoms with Gasteiger partial charge in [0.1, 0.15) is 0 Å². The van der Waals surface area contributed by atoms with Gasteiger partial charge in [0.2, 0.25) is 5.91 Å². The van der Waals surface area contributed by atoms with Gasteiger partial charge >= 0.3 is 5.97 Å². The Kier molecular flexibility index (Phi) is 4.73. The molecule has 1 saturated carbocycles. The third-order valence-corrected chi connectivity index (χ3v) is 2.71. The molecule has 0 spiro atoms. The number of carboxylic acids is 1. The molecule has 1 unspecified atom stereocenters. The number of amides is 1. The highest BCUT2D eigenvalue weighted by atomic mass is 16.4. The van der Waals surface area contributed by atoms with E-state index >= 15 is 0 Å². The van der Waals surface area contributed by atoms with Crippen LogP contribution in [0, 0.1) is 5.92 Å². The van der Waals surface area contributed by atoms with Crippen molar-refractivity contribution in [3.8, 4) is 0 Å². The lowest BCUT2D eigenvalue weighted by Gasteiger charge is -2.21. The molecule has 1 amide bonds. The van der Waals surface area contributed by atoms with Crippen LogP contribution in [0.4, 0.5) is 0 Å². The molecule has 5 nitrogen and oxygen atoms in total. The van der Waals surface area contributed by atoms with Gasteiger partial charge in [0, 0.05) is 12.6 Å². The molecule has 1 rings (SSSR count). The number of hydrogen-bond donors (Lipinski definition) is 2. The second kappa shape index (κ2) is 5.84. The topological polar surface area (TPSA) is 69.6 Å². The standard InChI is InChI=1S/C11H20N2O3/c1-3-13(6-8(2)11(15)16)7-10(14)12-9-4-5-9/h8-9H,3-7H2,1-2H3,(H,12,14)(H,15,16). The minimum Gasteiger partial charge on any atom is -0.481 e. The van der Waals surface area contributed by atoms with E-state index in [0.29, 0.717) is 25.7 Å². The summed E-state index contributed by atoms with van der Waals surface area (Å²) in [4.78, 5) is 24.1. The van der Waals surface area contributed by atoms with Gasteiger partial charge in [-0.05, 0) is 19.4 Å². The molecule has 1 aliphatic carbocycles. The zero-order valence-electron chi connectivity index (χ0n) is 9.90. The SMILES string of the molecule is CCN(CC(=O)NC1CC1)CC(C)C(=O)O. The van der Waals surface area contributed by atoms with Gasteiger partial charge in [-0.1, -0.05) is 13.8 Å². The molecular formula is C11H20N2O3. The zero-order chi connectivity index (χ0) is 12.1. The van der Waals surface area contributed by atoms with Gasteiger partial charge in [0.05, 0.1) is 12.5 Å². The number of carboxylic acid groups (broad SMARTS) is 1. The first kappa shape index (κ1) is 13.0. The van der Waals surface area contributed by atoms with Crippen LogP contribution in [0.15, 0.2) is 0 Å². The Morgan fingerprint density at radius 1 is 1.50 bits per heavy atom. The molecule has 1 atom stereocenters. The summed E-state index contributed by atoms with van der Waals surface area (Å²) in [6.07, 6.45) is 2.15. The monoisotopic (exact) mass is 228 g/mol. The molecule has 0 heterocycles. The van der Waals surface area contributed by atoms with Crippen molar-refractivity contribution in [1.82, 2.24) is 10.2 Å². The van der Waals surface area contributed by atoms with E-state index in [2.05, 4.69) is 5.32 Å². The fourth-order valence-corrected chi connectivity index (χ4v) is 1.47. The van der Waals surface area contributed by atoms with Crippen LogP contribution in [0.5, 0.6) is 0 Å². The Morgan fingerprint density at radius 3 is 2.56 bits per heavy atom. The summed E-state index contributed by atoms with van der Waals surface area (Å²) in [6, 6.07) is 0.364. The van der Waals surface area contributed by atoms with Gasteiger partial charge in [0.15, 0.2) is 0 Å². The van der Waals surface area contributed by atoms with Crippen molar-refractivity contribution < 1.29 is 14.7 Å². The van der Waals surface area contributed by atoms with E-state index in [0.717, 1.165) is 12.8 Å². The predicted octanol–water partition coefficient (Wildman–Crippen LogP) is 0.308. The van der Waals surface area contributed by atoms with Crippen molar-refractivity contribution in [1.29, 1.82) is 0 Å². The summed E-state index contributed by atoms with van der Waals surface area (Å²) >= 11 is 0. The molecular weight excluding hydrogens is 208 g/mol. The van der Waals surface area contributed by atoms with E-state index < -0.39 is 11.9 Å². The molecule has 92 valence electrons. The van der Waals surface area contributed by atoms with Crippen LogP contribution in [0.2, 0.25) is 0 Å². The molecule has 0 aliphatic heterocycles. The van der Waals surface area contributed by atoms with E-state index in [-0.39, 0.29) is 5.91 Å². The smallest absolute Gasteiger partial charge is 0.307 e. The van der Waals surface area contributed by atoms with Crippen molar-refractivity contribution in [2.45, 2.75) is 32.7 Å². The minimum absolute atomic E-state index is 0.00180. The highest BCUT2D eigenvalue weighted by Crippen LogP contribution is 2.18. The van der Waals surface area contributed by atoms with Crippen molar-refractivity contribution in [2.24, 2.45) is 5.92 Å². The number of hydrogen-bond acceptors (Lipinski definition) is 3. The first-order chi connectivity index (χ1) is 7.52. The van der Waals surface area contributed by atoms with Crippen molar-refractivity contribution in [3.63, 3.8) is 0 Å².